The lowest BCUT2D eigenvalue weighted by atomic mass is 10.0. The van der Waals surface area contributed by atoms with Gasteiger partial charge in [0, 0.05) is 5.38 Å². The number of thiophene rings is 1. The van der Waals surface area contributed by atoms with Crippen LogP contribution in [-0.4, -0.2) is 29.9 Å². The number of rotatable bonds is 8. The predicted molar refractivity (Wildman–Crippen MR) is 115 cm³/mol. The number of methoxy groups -OCH3 is 1. The minimum absolute atomic E-state index is 0.00511. The summed E-state index contributed by atoms with van der Waals surface area (Å²) in [4.78, 5) is 41.0. The Morgan fingerprint density at radius 2 is 2.00 bits per heavy atom. The number of carbonyl (C=O) groups is 3. The van der Waals surface area contributed by atoms with Gasteiger partial charge in [0.15, 0.2) is 10.9 Å². The minimum atomic E-state index is -0.473. The van der Waals surface area contributed by atoms with E-state index in [9.17, 15) is 14.4 Å². The Labute approximate surface area is 181 Å². The number of nitrogens with zero attached hydrogens (tertiary/aromatic N) is 1. The van der Waals surface area contributed by atoms with Crippen molar-refractivity contribution in [1.29, 1.82) is 0 Å². The number of ether oxygens (including phenoxy) is 1. The fourth-order valence-corrected chi connectivity index (χ4v) is 4.43. The van der Waals surface area contributed by atoms with Crippen LogP contribution < -0.4 is 10.6 Å². The number of amides is 2. The topological polar surface area (TPSA) is 111 Å². The van der Waals surface area contributed by atoms with E-state index < -0.39 is 11.9 Å². The Kier molecular flexibility index (Phi) is 7.01. The van der Waals surface area contributed by atoms with Gasteiger partial charge in [-0.3, -0.25) is 14.9 Å². The first-order valence-corrected chi connectivity index (χ1v) is 10.9. The average Bonchev–Trinajstić information content (AvgIpc) is 3.43. The van der Waals surface area contributed by atoms with Crippen LogP contribution in [0.15, 0.2) is 33.6 Å². The number of anilines is 2. The summed E-state index contributed by atoms with van der Waals surface area (Å²) >= 11 is 2.50. The Bertz CT molecular complexity index is 1040. The molecule has 3 aromatic heterocycles. The first-order chi connectivity index (χ1) is 14.4. The lowest BCUT2D eigenvalue weighted by Gasteiger charge is -2.08. The van der Waals surface area contributed by atoms with Gasteiger partial charge in [0.05, 0.1) is 31.1 Å². The number of esters is 1. The SMILES string of the molecule is COC(=O)c1c(CC(C)C)csc1NC(=O)Cc1csc(NC(=O)c2ccco2)n1. The normalized spacial score (nSPS) is 10.8. The highest BCUT2D eigenvalue weighted by atomic mass is 32.1. The highest BCUT2D eigenvalue weighted by molar-refractivity contribution is 7.15. The number of hydrogen-bond acceptors (Lipinski definition) is 8. The third-order valence-electron chi connectivity index (χ3n) is 4.00. The summed E-state index contributed by atoms with van der Waals surface area (Å²) in [5.41, 5.74) is 1.76. The second kappa shape index (κ2) is 9.68. The van der Waals surface area contributed by atoms with Crippen molar-refractivity contribution in [3.05, 3.63) is 51.7 Å². The van der Waals surface area contributed by atoms with Crippen LogP contribution in [-0.2, 0) is 22.4 Å². The molecular formula is C20H21N3O5S2. The quantitative estimate of drug-likeness (QED) is 0.500. The lowest BCUT2D eigenvalue weighted by Crippen LogP contribution is -2.17. The van der Waals surface area contributed by atoms with Gasteiger partial charge >= 0.3 is 5.97 Å². The molecule has 3 aromatic rings. The van der Waals surface area contributed by atoms with E-state index >= 15 is 0 Å². The maximum absolute atomic E-state index is 12.5. The van der Waals surface area contributed by atoms with E-state index in [4.69, 9.17) is 9.15 Å². The number of nitrogens with one attached hydrogen (secondary N) is 2. The van der Waals surface area contributed by atoms with Crippen molar-refractivity contribution in [2.75, 3.05) is 17.7 Å². The average molecular weight is 448 g/mol. The van der Waals surface area contributed by atoms with E-state index in [1.54, 1.807) is 17.5 Å². The Morgan fingerprint density at radius 3 is 2.67 bits per heavy atom. The lowest BCUT2D eigenvalue weighted by molar-refractivity contribution is -0.115. The van der Waals surface area contributed by atoms with Gasteiger partial charge in [0.25, 0.3) is 5.91 Å². The third-order valence-corrected chi connectivity index (χ3v) is 5.75. The number of carbonyl (C=O) groups excluding carboxylic acids is 3. The summed E-state index contributed by atoms with van der Waals surface area (Å²) in [6.07, 6.45) is 2.12. The molecule has 30 heavy (non-hydrogen) atoms. The van der Waals surface area contributed by atoms with Crippen molar-refractivity contribution in [3.8, 4) is 0 Å². The molecule has 10 heteroatoms. The molecule has 0 aliphatic heterocycles. The largest absolute Gasteiger partial charge is 0.465 e. The van der Waals surface area contributed by atoms with Gasteiger partial charge in [-0.2, -0.15) is 0 Å². The summed E-state index contributed by atoms with van der Waals surface area (Å²) in [6.45, 7) is 4.11. The molecule has 0 saturated carbocycles. The first-order valence-electron chi connectivity index (χ1n) is 9.15. The highest BCUT2D eigenvalue weighted by Crippen LogP contribution is 2.31. The second-order valence-corrected chi connectivity index (χ2v) is 8.59. The van der Waals surface area contributed by atoms with E-state index in [2.05, 4.69) is 29.5 Å². The highest BCUT2D eigenvalue weighted by Gasteiger charge is 2.22. The van der Waals surface area contributed by atoms with Crippen LogP contribution in [0.25, 0.3) is 0 Å². The van der Waals surface area contributed by atoms with E-state index in [0.29, 0.717) is 33.7 Å². The van der Waals surface area contributed by atoms with Crippen LogP contribution in [0.4, 0.5) is 10.1 Å². The molecule has 158 valence electrons. The molecule has 2 N–H and O–H groups in total. The van der Waals surface area contributed by atoms with E-state index in [-0.39, 0.29) is 18.1 Å². The van der Waals surface area contributed by atoms with Crippen molar-refractivity contribution in [2.45, 2.75) is 26.7 Å². The molecule has 0 unspecified atom stereocenters. The van der Waals surface area contributed by atoms with Crippen molar-refractivity contribution in [3.63, 3.8) is 0 Å². The van der Waals surface area contributed by atoms with Crippen LogP contribution in [0.2, 0.25) is 0 Å². The van der Waals surface area contributed by atoms with Crippen LogP contribution in [0.3, 0.4) is 0 Å². The van der Waals surface area contributed by atoms with E-state index in [1.165, 1.54) is 36.0 Å². The summed E-state index contributed by atoms with van der Waals surface area (Å²) in [5.74, 6) is -0.665. The molecule has 0 spiro atoms. The van der Waals surface area contributed by atoms with Crippen molar-refractivity contribution < 1.29 is 23.5 Å². The number of thiazole rings is 1. The molecule has 3 heterocycles. The maximum Gasteiger partial charge on any atom is 0.341 e. The second-order valence-electron chi connectivity index (χ2n) is 6.85. The Balaban J connectivity index is 1.65. The molecule has 0 saturated heterocycles. The molecule has 0 bridgehead atoms. The van der Waals surface area contributed by atoms with Gasteiger partial charge in [-0.25, -0.2) is 9.78 Å². The third kappa shape index (κ3) is 5.33. The summed E-state index contributed by atoms with van der Waals surface area (Å²) in [7, 11) is 1.32. The van der Waals surface area contributed by atoms with E-state index in [1.807, 2.05) is 5.38 Å². The Hall–Kier alpha value is -2.98. The molecule has 2 amide bonds. The summed E-state index contributed by atoms with van der Waals surface area (Å²) in [5, 5.41) is 9.79. The van der Waals surface area contributed by atoms with E-state index in [0.717, 1.165) is 5.56 Å². The zero-order chi connectivity index (χ0) is 21.7. The molecule has 0 radical (unpaired) electrons. The van der Waals surface area contributed by atoms with Crippen LogP contribution >= 0.6 is 22.7 Å². The molecule has 0 fully saturated rings. The summed E-state index contributed by atoms with van der Waals surface area (Å²) < 4.78 is 9.92. The molecule has 0 aliphatic carbocycles. The molecule has 0 aliphatic rings. The standard InChI is InChI=1S/C20H21N3O5S2/c1-11(2)7-12-9-29-18(16(12)19(26)27-3)22-15(24)8-13-10-30-20(21-13)23-17(25)14-5-4-6-28-14/h4-6,9-11H,7-8H2,1-3H3,(H,22,24)(H,21,23,25). The fourth-order valence-electron chi connectivity index (χ4n) is 2.75. The minimum Gasteiger partial charge on any atom is -0.465 e. The van der Waals surface area contributed by atoms with Gasteiger partial charge in [-0.15, -0.1) is 22.7 Å². The zero-order valence-electron chi connectivity index (χ0n) is 16.7. The van der Waals surface area contributed by atoms with Gasteiger partial charge in [0.2, 0.25) is 5.91 Å². The van der Waals surface area contributed by atoms with Gasteiger partial charge in [-0.1, -0.05) is 13.8 Å². The number of furan rings is 1. The van der Waals surface area contributed by atoms with Gasteiger partial charge in [0.1, 0.15) is 5.00 Å². The number of aromatic nitrogens is 1. The smallest absolute Gasteiger partial charge is 0.341 e. The van der Waals surface area contributed by atoms with Crippen molar-refractivity contribution in [2.24, 2.45) is 5.92 Å². The predicted octanol–water partition coefficient (Wildman–Crippen LogP) is 4.22. The molecule has 0 atom stereocenters. The molecule has 8 nitrogen and oxygen atoms in total. The fraction of sp³-hybridized carbons (Fsp3) is 0.300. The molecule has 0 aromatic carbocycles. The Morgan fingerprint density at radius 1 is 1.20 bits per heavy atom. The van der Waals surface area contributed by atoms with Crippen molar-refractivity contribution in [1.82, 2.24) is 4.98 Å². The monoisotopic (exact) mass is 447 g/mol. The van der Waals surface area contributed by atoms with Gasteiger partial charge in [-0.05, 0) is 35.4 Å². The van der Waals surface area contributed by atoms with Crippen LogP contribution in [0, 0.1) is 5.92 Å². The molecule has 3 rings (SSSR count). The van der Waals surface area contributed by atoms with Gasteiger partial charge < -0.3 is 14.5 Å². The zero-order valence-corrected chi connectivity index (χ0v) is 18.3. The summed E-state index contributed by atoms with van der Waals surface area (Å²) in [6, 6.07) is 3.16. The van der Waals surface area contributed by atoms with Crippen LogP contribution in [0.5, 0.6) is 0 Å². The maximum atomic E-state index is 12.5. The first kappa shape index (κ1) is 21.7. The van der Waals surface area contributed by atoms with Crippen LogP contribution in [0.1, 0.15) is 46.0 Å². The molecular weight excluding hydrogens is 426 g/mol. The number of hydrogen-bond donors (Lipinski definition) is 2. The van der Waals surface area contributed by atoms with Crippen molar-refractivity contribution >= 4 is 50.6 Å².